The number of rotatable bonds is 7. The fourth-order valence-corrected chi connectivity index (χ4v) is 6.05. The Hall–Kier alpha value is -5.11. The minimum absolute atomic E-state index is 0.0853. The smallest absolute Gasteiger partial charge is 0.253 e. The van der Waals surface area contributed by atoms with Gasteiger partial charge < -0.3 is 18.9 Å². The number of para-hydroxylation sites is 1. The number of nitrogens with zero attached hydrogens (tertiary/aromatic N) is 4. The first kappa shape index (κ1) is 25.8. The van der Waals surface area contributed by atoms with Crippen LogP contribution in [0.2, 0.25) is 0 Å². The van der Waals surface area contributed by atoms with Gasteiger partial charge in [-0.15, -0.1) is 0 Å². The van der Waals surface area contributed by atoms with E-state index in [4.69, 9.17) is 9.47 Å². The number of fused-ring (bicyclic) bond motifs is 2. The highest BCUT2D eigenvalue weighted by Crippen LogP contribution is 2.58. The van der Waals surface area contributed by atoms with Gasteiger partial charge in [0.1, 0.15) is 11.5 Å². The van der Waals surface area contributed by atoms with Crippen LogP contribution in [0.5, 0.6) is 17.2 Å². The summed E-state index contributed by atoms with van der Waals surface area (Å²) in [7, 11) is 3.34. The molecule has 1 saturated carbocycles. The van der Waals surface area contributed by atoms with Crippen molar-refractivity contribution in [2.24, 2.45) is 7.05 Å². The average molecular weight is 559 g/mol. The third-order valence-electron chi connectivity index (χ3n) is 8.46. The van der Waals surface area contributed by atoms with E-state index in [0.717, 1.165) is 58.8 Å². The summed E-state index contributed by atoms with van der Waals surface area (Å²) in [5.74, 6) is 1.79. The molecule has 0 saturated heterocycles. The van der Waals surface area contributed by atoms with Crippen molar-refractivity contribution >= 4 is 11.6 Å². The molecule has 0 bridgehead atoms. The Labute approximate surface area is 243 Å². The number of aromatic nitrogens is 3. The average Bonchev–Trinajstić information content (AvgIpc) is 3.57. The molecule has 3 aromatic carbocycles. The zero-order valence-corrected chi connectivity index (χ0v) is 23.5. The van der Waals surface area contributed by atoms with Crippen LogP contribution in [0, 0.1) is 0 Å². The summed E-state index contributed by atoms with van der Waals surface area (Å²) in [6.07, 6.45) is 6.01. The van der Waals surface area contributed by atoms with E-state index in [-0.39, 0.29) is 11.5 Å². The predicted molar refractivity (Wildman–Crippen MR) is 160 cm³/mol. The molecule has 8 heteroatoms. The largest absolute Gasteiger partial charge is 0.497 e. The Morgan fingerprint density at radius 3 is 2.38 bits per heavy atom. The second-order valence-corrected chi connectivity index (χ2v) is 10.9. The normalized spacial score (nSPS) is 15.0. The first-order valence-corrected chi connectivity index (χ1v) is 14.0. The molecule has 210 valence electrons. The van der Waals surface area contributed by atoms with Crippen LogP contribution in [0.4, 0.5) is 5.69 Å². The summed E-state index contributed by atoms with van der Waals surface area (Å²) >= 11 is 0. The van der Waals surface area contributed by atoms with Crippen LogP contribution in [0.15, 0.2) is 102 Å². The standard InChI is InChI=1S/C34H30N4O4/c1-36-18-14-27(21-31(36)39)42-30-20-24(29-13-17-35-38(29)25-7-4-3-5-8-25)19-28-32(30)37(33(40)34(28)15-6-16-34)22-23-9-11-26(41-2)12-10-23/h3-5,7-14,17-21H,6,15-16,22H2,1-2H3. The lowest BCUT2D eigenvalue weighted by molar-refractivity contribution is -0.126. The van der Waals surface area contributed by atoms with Gasteiger partial charge in [-0.1, -0.05) is 36.8 Å². The molecule has 0 unspecified atom stereocenters. The van der Waals surface area contributed by atoms with Gasteiger partial charge in [-0.05, 0) is 72.5 Å². The number of ether oxygens (including phenoxy) is 2. The van der Waals surface area contributed by atoms with Crippen LogP contribution in [-0.4, -0.2) is 27.4 Å². The molecule has 1 amide bonds. The van der Waals surface area contributed by atoms with Crippen molar-refractivity contribution in [1.29, 1.82) is 0 Å². The summed E-state index contributed by atoms with van der Waals surface area (Å²) in [6, 6.07) is 27.0. The zero-order chi connectivity index (χ0) is 28.8. The van der Waals surface area contributed by atoms with E-state index in [1.807, 2.05) is 76.3 Å². The van der Waals surface area contributed by atoms with Crippen molar-refractivity contribution in [3.8, 4) is 34.2 Å². The summed E-state index contributed by atoms with van der Waals surface area (Å²) in [6.45, 7) is 0.395. The Balaban J connectivity index is 1.40. The number of hydrogen-bond donors (Lipinski definition) is 0. The lowest BCUT2D eigenvalue weighted by Crippen LogP contribution is -2.44. The monoisotopic (exact) mass is 558 g/mol. The van der Waals surface area contributed by atoms with Gasteiger partial charge in [0.15, 0.2) is 5.75 Å². The number of hydrogen-bond acceptors (Lipinski definition) is 5. The Bertz CT molecular complexity index is 1850. The number of carbonyl (C=O) groups excluding carboxylic acids is 1. The van der Waals surface area contributed by atoms with Gasteiger partial charge in [-0.2, -0.15) is 5.10 Å². The highest BCUT2D eigenvalue weighted by molar-refractivity contribution is 6.10. The van der Waals surface area contributed by atoms with Crippen molar-refractivity contribution in [3.05, 3.63) is 119 Å². The topological polar surface area (TPSA) is 78.6 Å². The number of pyridine rings is 1. The fourth-order valence-electron chi connectivity index (χ4n) is 6.05. The molecule has 2 aliphatic rings. The van der Waals surface area contributed by atoms with Gasteiger partial charge in [-0.25, -0.2) is 4.68 Å². The molecular weight excluding hydrogens is 528 g/mol. The van der Waals surface area contributed by atoms with Gasteiger partial charge in [0, 0.05) is 24.9 Å². The Morgan fingerprint density at radius 1 is 0.905 bits per heavy atom. The van der Waals surface area contributed by atoms with Crippen LogP contribution in [0.3, 0.4) is 0 Å². The number of amides is 1. The highest BCUT2D eigenvalue weighted by atomic mass is 16.5. The molecule has 1 fully saturated rings. The molecule has 5 aromatic rings. The van der Waals surface area contributed by atoms with Crippen molar-refractivity contribution in [2.45, 2.75) is 31.2 Å². The van der Waals surface area contributed by atoms with E-state index in [2.05, 4.69) is 11.2 Å². The maximum absolute atomic E-state index is 14.3. The second-order valence-electron chi connectivity index (χ2n) is 10.9. The molecular formula is C34H30N4O4. The quantitative estimate of drug-likeness (QED) is 0.245. The minimum Gasteiger partial charge on any atom is -0.497 e. The number of aryl methyl sites for hydroxylation is 1. The van der Waals surface area contributed by atoms with Gasteiger partial charge in [0.2, 0.25) is 5.91 Å². The van der Waals surface area contributed by atoms with E-state index in [1.165, 1.54) is 10.6 Å². The molecule has 8 nitrogen and oxygen atoms in total. The first-order chi connectivity index (χ1) is 20.5. The third-order valence-corrected chi connectivity index (χ3v) is 8.46. The molecule has 0 radical (unpaired) electrons. The van der Waals surface area contributed by atoms with Crippen molar-refractivity contribution in [2.75, 3.05) is 12.0 Å². The predicted octanol–water partition coefficient (Wildman–Crippen LogP) is 6.01. The molecule has 1 aliphatic carbocycles. The third kappa shape index (κ3) is 4.18. The van der Waals surface area contributed by atoms with Gasteiger partial charge in [0.25, 0.3) is 5.56 Å². The molecule has 1 spiro atoms. The van der Waals surface area contributed by atoms with E-state index in [9.17, 15) is 9.59 Å². The van der Waals surface area contributed by atoms with Crippen LogP contribution in [-0.2, 0) is 23.8 Å². The molecule has 1 aliphatic heterocycles. The number of methoxy groups -OCH3 is 1. The van der Waals surface area contributed by atoms with Crippen molar-refractivity contribution in [1.82, 2.24) is 14.3 Å². The Morgan fingerprint density at radius 2 is 1.69 bits per heavy atom. The van der Waals surface area contributed by atoms with Crippen LogP contribution in [0.1, 0.15) is 30.4 Å². The summed E-state index contributed by atoms with van der Waals surface area (Å²) in [5.41, 5.74) is 4.63. The maximum Gasteiger partial charge on any atom is 0.253 e. The first-order valence-electron chi connectivity index (χ1n) is 14.0. The summed E-state index contributed by atoms with van der Waals surface area (Å²) < 4.78 is 15.2. The molecule has 3 heterocycles. The van der Waals surface area contributed by atoms with E-state index < -0.39 is 5.41 Å². The van der Waals surface area contributed by atoms with E-state index in [1.54, 1.807) is 32.6 Å². The van der Waals surface area contributed by atoms with Gasteiger partial charge in [0.05, 0.1) is 42.3 Å². The molecule has 0 N–H and O–H groups in total. The molecule has 2 aromatic heterocycles. The molecule has 0 atom stereocenters. The van der Waals surface area contributed by atoms with Crippen LogP contribution >= 0.6 is 0 Å². The number of carbonyl (C=O) groups is 1. The Kier molecular flexibility index (Phi) is 6.19. The second kappa shape index (κ2) is 10.1. The lowest BCUT2D eigenvalue weighted by atomic mass is 9.65. The maximum atomic E-state index is 14.3. The molecule has 7 rings (SSSR count). The van der Waals surface area contributed by atoms with Crippen molar-refractivity contribution in [3.63, 3.8) is 0 Å². The van der Waals surface area contributed by atoms with Gasteiger partial charge in [-0.3, -0.25) is 9.59 Å². The summed E-state index contributed by atoms with van der Waals surface area (Å²) in [4.78, 5) is 28.6. The van der Waals surface area contributed by atoms with Crippen molar-refractivity contribution < 1.29 is 14.3 Å². The lowest BCUT2D eigenvalue weighted by Gasteiger charge is -2.37. The van der Waals surface area contributed by atoms with E-state index in [0.29, 0.717) is 18.0 Å². The highest BCUT2D eigenvalue weighted by Gasteiger charge is 2.55. The fraction of sp³-hybridized carbons (Fsp3) is 0.206. The van der Waals surface area contributed by atoms with Crippen LogP contribution < -0.4 is 19.9 Å². The SMILES string of the molecule is COc1ccc(CN2C(=O)C3(CCC3)c3cc(-c4ccnn4-c4ccccc4)cc(Oc4ccn(C)c(=O)c4)c32)cc1. The summed E-state index contributed by atoms with van der Waals surface area (Å²) in [5, 5.41) is 4.61. The van der Waals surface area contributed by atoms with E-state index >= 15 is 0 Å². The zero-order valence-electron chi connectivity index (χ0n) is 23.5. The van der Waals surface area contributed by atoms with Crippen LogP contribution in [0.25, 0.3) is 16.9 Å². The molecule has 42 heavy (non-hydrogen) atoms. The number of anilines is 1. The van der Waals surface area contributed by atoms with Gasteiger partial charge >= 0.3 is 0 Å². The minimum atomic E-state index is -0.597. The number of benzene rings is 3.